The third-order valence-electron chi connectivity index (χ3n) is 2.77. The van der Waals surface area contributed by atoms with Gasteiger partial charge in [0.1, 0.15) is 5.75 Å². The maximum atomic E-state index is 6.08. The predicted molar refractivity (Wildman–Crippen MR) is 82.9 cm³/mol. The van der Waals surface area contributed by atoms with Crippen LogP contribution in [-0.4, -0.2) is 11.5 Å². The number of hydrogen-bond acceptors (Lipinski definition) is 3. The van der Waals surface area contributed by atoms with Crippen molar-refractivity contribution in [2.75, 3.05) is 6.54 Å². The third-order valence-corrected chi connectivity index (χ3v) is 3.31. The summed E-state index contributed by atoms with van der Waals surface area (Å²) in [7, 11) is 0. The highest BCUT2D eigenvalue weighted by molar-refractivity contribution is 6.34. The van der Waals surface area contributed by atoms with Crippen LogP contribution in [0.1, 0.15) is 18.1 Å². The molecule has 3 nitrogen and oxygen atoms in total. The van der Waals surface area contributed by atoms with Gasteiger partial charge in [0.05, 0.1) is 5.02 Å². The molecule has 0 spiro atoms. The van der Waals surface area contributed by atoms with E-state index >= 15 is 0 Å². The molecule has 0 saturated heterocycles. The molecule has 20 heavy (non-hydrogen) atoms. The molecular weight excluding hydrogens is 295 g/mol. The van der Waals surface area contributed by atoms with Crippen molar-refractivity contribution >= 4 is 23.2 Å². The number of halogens is 2. The van der Waals surface area contributed by atoms with Crippen molar-refractivity contribution in [2.24, 2.45) is 0 Å². The van der Waals surface area contributed by atoms with E-state index < -0.39 is 0 Å². The predicted octanol–water partition coefficient (Wildman–Crippen LogP) is 4.60. The number of hydrogen-bond donors (Lipinski definition) is 1. The molecule has 1 N–H and O–H groups in total. The zero-order valence-electron chi connectivity index (χ0n) is 11.4. The Labute approximate surface area is 128 Å². The first-order chi connectivity index (χ1) is 9.60. The van der Waals surface area contributed by atoms with E-state index in [4.69, 9.17) is 27.9 Å². The molecule has 0 unspecified atom stereocenters. The Morgan fingerprint density at radius 3 is 2.75 bits per heavy atom. The number of aryl methyl sites for hydroxylation is 1. The fourth-order valence-electron chi connectivity index (χ4n) is 1.75. The van der Waals surface area contributed by atoms with Gasteiger partial charge in [-0.1, -0.05) is 30.1 Å². The van der Waals surface area contributed by atoms with Crippen LogP contribution in [0.4, 0.5) is 0 Å². The Bertz CT molecular complexity index is 602. The quantitative estimate of drug-likeness (QED) is 0.876. The van der Waals surface area contributed by atoms with Crippen molar-refractivity contribution < 1.29 is 4.74 Å². The van der Waals surface area contributed by atoms with Crippen LogP contribution in [0, 0.1) is 6.92 Å². The average molecular weight is 311 g/mol. The molecule has 0 saturated carbocycles. The fourth-order valence-corrected chi connectivity index (χ4v) is 2.07. The molecule has 2 rings (SSSR count). The topological polar surface area (TPSA) is 34.2 Å². The van der Waals surface area contributed by atoms with Gasteiger partial charge < -0.3 is 10.1 Å². The van der Waals surface area contributed by atoms with Crippen LogP contribution < -0.4 is 10.1 Å². The van der Waals surface area contributed by atoms with Gasteiger partial charge in [-0.15, -0.1) is 0 Å². The summed E-state index contributed by atoms with van der Waals surface area (Å²) in [6.45, 7) is 5.74. The molecule has 1 heterocycles. The third kappa shape index (κ3) is 3.85. The minimum absolute atomic E-state index is 0.507. The molecule has 1 aromatic heterocycles. The zero-order valence-corrected chi connectivity index (χ0v) is 12.9. The van der Waals surface area contributed by atoms with Crippen LogP contribution in [0.15, 0.2) is 30.5 Å². The number of aromatic nitrogens is 1. The van der Waals surface area contributed by atoms with Gasteiger partial charge in [0, 0.05) is 29.4 Å². The lowest BCUT2D eigenvalue weighted by atomic mass is 10.2. The van der Waals surface area contributed by atoms with Crippen molar-refractivity contribution in [1.82, 2.24) is 10.3 Å². The van der Waals surface area contributed by atoms with Gasteiger partial charge in [-0.25, -0.2) is 4.98 Å². The van der Waals surface area contributed by atoms with Crippen molar-refractivity contribution in [2.45, 2.75) is 20.4 Å². The van der Waals surface area contributed by atoms with E-state index in [-0.39, 0.29) is 0 Å². The number of nitrogens with zero attached hydrogens (tertiary/aromatic N) is 1. The van der Waals surface area contributed by atoms with Gasteiger partial charge in [0.2, 0.25) is 5.88 Å². The molecule has 2 aromatic rings. The van der Waals surface area contributed by atoms with Crippen LogP contribution >= 0.6 is 23.2 Å². The molecule has 0 radical (unpaired) electrons. The Balaban J connectivity index is 2.19. The lowest BCUT2D eigenvalue weighted by Crippen LogP contribution is -2.12. The van der Waals surface area contributed by atoms with Crippen molar-refractivity contribution in [1.29, 1.82) is 0 Å². The Morgan fingerprint density at radius 1 is 1.25 bits per heavy atom. The minimum Gasteiger partial charge on any atom is -0.437 e. The number of rotatable bonds is 5. The normalized spacial score (nSPS) is 10.6. The molecular formula is C15H16Cl2N2O. The monoisotopic (exact) mass is 310 g/mol. The summed E-state index contributed by atoms with van der Waals surface area (Å²) in [6.07, 6.45) is 1.80. The Hall–Kier alpha value is -1.29. The number of nitrogens with one attached hydrogen (secondary N) is 1. The maximum Gasteiger partial charge on any atom is 0.222 e. The first-order valence-corrected chi connectivity index (χ1v) is 7.15. The molecule has 0 fully saturated rings. The van der Waals surface area contributed by atoms with Crippen LogP contribution in [0.2, 0.25) is 10.0 Å². The molecule has 5 heteroatoms. The summed E-state index contributed by atoms with van der Waals surface area (Å²) < 4.78 is 5.73. The summed E-state index contributed by atoms with van der Waals surface area (Å²) in [5.41, 5.74) is 2.07. The Kier molecular flexibility index (Phi) is 5.24. The van der Waals surface area contributed by atoms with E-state index in [0.717, 1.165) is 24.2 Å². The van der Waals surface area contributed by atoms with E-state index in [1.54, 1.807) is 24.4 Å². The highest BCUT2D eigenvalue weighted by Crippen LogP contribution is 2.32. The molecule has 0 aliphatic carbocycles. The van der Waals surface area contributed by atoms with Gasteiger partial charge in [-0.3, -0.25) is 0 Å². The van der Waals surface area contributed by atoms with Gasteiger partial charge in [0.15, 0.2) is 0 Å². The first-order valence-electron chi connectivity index (χ1n) is 6.39. The largest absolute Gasteiger partial charge is 0.437 e. The highest BCUT2D eigenvalue weighted by Gasteiger charge is 2.08. The van der Waals surface area contributed by atoms with Crippen LogP contribution in [0.3, 0.4) is 0 Å². The molecule has 0 aliphatic rings. The van der Waals surface area contributed by atoms with Gasteiger partial charge >= 0.3 is 0 Å². The second kappa shape index (κ2) is 6.93. The molecule has 0 aliphatic heterocycles. The van der Waals surface area contributed by atoms with Gasteiger partial charge in [-0.05, 0) is 37.2 Å². The van der Waals surface area contributed by atoms with Crippen molar-refractivity contribution in [3.05, 3.63) is 51.6 Å². The maximum absolute atomic E-state index is 6.08. The molecule has 0 amide bonds. The first kappa shape index (κ1) is 15.1. The summed E-state index contributed by atoms with van der Waals surface area (Å²) in [4.78, 5) is 4.33. The molecule has 0 bridgehead atoms. The smallest absolute Gasteiger partial charge is 0.222 e. The van der Waals surface area contributed by atoms with E-state index in [9.17, 15) is 0 Å². The van der Waals surface area contributed by atoms with Crippen molar-refractivity contribution in [3.8, 4) is 11.6 Å². The fraction of sp³-hybridized carbons (Fsp3) is 0.267. The second-order valence-corrected chi connectivity index (χ2v) is 5.27. The number of ether oxygens (including phenoxy) is 1. The van der Waals surface area contributed by atoms with Crippen LogP contribution in [-0.2, 0) is 6.54 Å². The van der Waals surface area contributed by atoms with Crippen LogP contribution in [0.5, 0.6) is 11.6 Å². The van der Waals surface area contributed by atoms with Gasteiger partial charge in [-0.2, -0.15) is 0 Å². The Morgan fingerprint density at radius 2 is 2.05 bits per heavy atom. The summed E-state index contributed by atoms with van der Waals surface area (Å²) in [5, 5.41) is 4.34. The van der Waals surface area contributed by atoms with Crippen LogP contribution in [0.25, 0.3) is 0 Å². The number of pyridine rings is 1. The van der Waals surface area contributed by atoms with E-state index in [1.165, 1.54) is 0 Å². The highest BCUT2D eigenvalue weighted by atomic mass is 35.5. The zero-order chi connectivity index (χ0) is 14.5. The molecule has 106 valence electrons. The summed E-state index contributed by atoms with van der Waals surface area (Å²) >= 11 is 12.0. The van der Waals surface area contributed by atoms with Gasteiger partial charge in [0.25, 0.3) is 0 Å². The second-order valence-electron chi connectivity index (χ2n) is 4.42. The molecule has 0 atom stereocenters. The lowest BCUT2D eigenvalue weighted by Gasteiger charge is -2.11. The standard InChI is InChI=1S/C15H16Cl2N2O/c1-3-18-8-11-6-10(2)15(19-9-11)20-14-7-12(16)4-5-13(14)17/h4-7,9,18H,3,8H2,1-2H3. The van der Waals surface area contributed by atoms with E-state index in [0.29, 0.717) is 21.7 Å². The summed E-state index contributed by atoms with van der Waals surface area (Å²) in [5.74, 6) is 1.05. The van der Waals surface area contributed by atoms with E-state index in [2.05, 4.69) is 17.2 Å². The van der Waals surface area contributed by atoms with Crippen molar-refractivity contribution in [3.63, 3.8) is 0 Å². The minimum atomic E-state index is 0.507. The SMILES string of the molecule is CCNCc1cnc(Oc2cc(Cl)ccc2Cl)c(C)c1. The number of benzene rings is 1. The molecule has 1 aromatic carbocycles. The van der Waals surface area contributed by atoms with E-state index in [1.807, 2.05) is 13.0 Å². The average Bonchev–Trinajstić information content (AvgIpc) is 2.43. The lowest BCUT2D eigenvalue weighted by molar-refractivity contribution is 0.458. The summed E-state index contributed by atoms with van der Waals surface area (Å²) in [6, 6.07) is 7.14.